The molecule has 4 aromatic rings. The SMILES string of the molecule is O=C(Cc1c[nH]c2ccccc12)OC(Cc1ccncc1)NCc1cccc(C(F)(F)F)c1. The first-order valence-electron chi connectivity index (χ1n) is 10.4. The van der Waals surface area contributed by atoms with Gasteiger partial charge in [-0.3, -0.25) is 15.1 Å². The van der Waals surface area contributed by atoms with E-state index in [0.29, 0.717) is 12.0 Å². The van der Waals surface area contributed by atoms with Crippen LogP contribution in [0.2, 0.25) is 0 Å². The fourth-order valence-electron chi connectivity index (χ4n) is 3.61. The molecule has 0 aliphatic rings. The van der Waals surface area contributed by atoms with E-state index >= 15 is 0 Å². The van der Waals surface area contributed by atoms with Gasteiger partial charge in [0, 0.05) is 42.5 Å². The number of para-hydroxylation sites is 1. The largest absolute Gasteiger partial charge is 0.446 e. The maximum atomic E-state index is 13.0. The Balaban J connectivity index is 1.46. The Morgan fingerprint density at radius 2 is 1.82 bits per heavy atom. The van der Waals surface area contributed by atoms with E-state index in [0.717, 1.165) is 34.2 Å². The molecule has 2 N–H and O–H groups in total. The fraction of sp³-hybridized carbons (Fsp3) is 0.200. The number of H-pyrrole nitrogens is 1. The monoisotopic (exact) mass is 453 g/mol. The van der Waals surface area contributed by atoms with Crippen LogP contribution in [0.5, 0.6) is 0 Å². The molecule has 5 nitrogen and oxygen atoms in total. The highest BCUT2D eigenvalue weighted by Gasteiger charge is 2.30. The van der Waals surface area contributed by atoms with Crippen LogP contribution in [0, 0.1) is 0 Å². The van der Waals surface area contributed by atoms with Crippen LogP contribution in [0.1, 0.15) is 22.3 Å². The van der Waals surface area contributed by atoms with Crippen LogP contribution < -0.4 is 5.32 Å². The lowest BCUT2D eigenvalue weighted by molar-refractivity contribution is -0.149. The smallest absolute Gasteiger partial charge is 0.416 e. The third-order valence-corrected chi connectivity index (χ3v) is 5.24. The molecule has 0 radical (unpaired) electrons. The number of rotatable bonds is 8. The molecule has 0 bridgehead atoms. The lowest BCUT2D eigenvalue weighted by Gasteiger charge is -2.20. The van der Waals surface area contributed by atoms with Crippen molar-refractivity contribution in [2.24, 2.45) is 0 Å². The zero-order valence-electron chi connectivity index (χ0n) is 17.6. The van der Waals surface area contributed by atoms with E-state index in [-0.39, 0.29) is 13.0 Å². The number of nitrogens with zero attached hydrogens (tertiary/aromatic N) is 1. The van der Waals surface area contributed by atoms with Crippen molar-refractivity contribution in [3.63, 3.8) is 0 Å². The number of ether oxygens (including phenoxy) is 1. The van der Waals surface area contributed by atoms with Crippen LogP contribution >= 0.6 is 0 Å². The maximum absolute atomic E-state index is 13.0. The molecule has 0 spiro atoms. The molecule has 170 valence electrons. The second-order valence-electron chi connectivity index (χ2n) is 7.65. The van der Waals surface area contributed by atoms with Gasteiger partial charge in [0.25, 0.3) is 0 Å². The zero-order chi connectivity index (χ0) is 23.3. The second kappa shape index (κ2) is 9.87. The third kappa shape index (κ3) is 5.98. The lowest BCUT2D eigenvalue weighted by Crippen LogP contribution is -2.36. The summed E-state index contributed by atoms with van der Waals surface area (Å²) in [6.45, 7) is 0.111. The molecule has 0 saturated heterocycles. The average Bonchev–Trinajstić information content (AvgIpc) is 3.20. The predicted octanol–water partition coefficient (Wildman–Crippen LogP) is 5.03. The van der Waals surface area contributed by atoms with E-state index in [1.807, 2.05) is 24.3 Å². The minimum atomic E-state index is -4.42. The number of carbonyl (C=O) groups is 1. The Labute approximate surface area is 188 Å². The molecule has 2 aromatic carbocycles. The van der Waals surface area contributed by atoms with Crippen LogP contribution in [0.25, 0.3) is 10.9 Å². The van der Waals surface area contributed by atoms with Crippen LogP contribution in [-0.2, 0) is 35.1 Å². The van der Waals surface area contributed by atoms with Crippen molar-refractivity contribution < 1.29 is 22.7 Å². The number of alkyl halides is 3. The Bertz CT molecular complexity index is 1220. The van der Waals surface area contributed by atoms with Crippen molar-refractivity contribution in [3.05, 3.63) is 102 Å². The third-order valence-electron chi connectivity index (χ3n) is 5.24. The molecule has 0 saturated carbocycles. The average molecular weight is 453 g/mol. The Morgan fingerprint density at radius 3 is 2.61 bits per heavy atom. The molecule has 33 heavy (non-hydrogen) atoms. The van der Waals surface area contributed by atoms with Gasteiger partial charge in [0.15, 0.2) is 6.23 Å². The first-order valence-corrected chi connectivity index (χ1v) is 10.4. The molecule has 0 aliphatic carbocycles. The van der Waals surface area contributed by atoms with Crippen LogP contribution in [0.3, 0.4) is 0 Å². The number of fused-ring (bicyclic) bond motifs is 1. The summed E-state index contributed by atoms with van der Waals surface area (Å²) in [5.41, 5.74) is 2.35. The van der Waals surface area contributed by atoms with Gasteiger partial charge in [0.05, 0.1) is 12.0 Å². The molecule has 0 fully saturated rings. The van der Waals surface area contributed by atoms with E-state index < -0.39 is 23.9 Å². The molecule has 1 unspecified atom stereocenters. The van der Waals surface area contributed by atoms with Crippen molar-refractivity contribution in [3.8, 4) is 0 Å². The van der Waals surface area contributed by atoms with Crippen molar-refractivity contribution in [2.75, 3.05) is 0 Å². The Kier molecular flexibility index (Phi) is 6.74. The minimum Gasteiger partial charge on any atom is -0.446 e. The number of pyridine rings is 1. The Morgan fingerprint density at radius 1 is 1.03 bits per heavy atom. The van der Waals surface area contributed by atoms with Gasteiger partial charge < -0.3 is 9.72 Å². The first-order chi connectivity index (χ1) is 15.9. The van der Waals surface area contributed by atoms with Gasteiger partial charge in [-0.15, -0.1) is 0 Å². The number of hydrogen-bond donors (Lipinski definition) is 2. The summed E-state index contributed by atoms with van der Waals surface area (Å²) in [4.78, 5) is 19.8. The number of aromatic amines is 1. The Hall–Kier alpha value is -3.65. The van der Waals surface area contributed by atoms with Gasteiger partial charge in [-0.1, -0.05) is 36.4 Å². The van der Waals surface area contributed by atoms with Gasteiger partial charge in [0.1, 0.15) is 0 Å². The van der Waals surface area contributed by atoms with Gasteiger partial charge in [-0.2, -0.15) is 13.2 Å². The van der Waals surface area contributed by atoms with Crippen LogP contribution in [0.4, 0.5) is 13.2 Å². The molecule has 8 heteroatoms. The van der Waals surface area contributed by atoms with Crippen LogP contribution in [-0.4, -0.2) is 22.2 Å². The molecule has 1 atom stereocenters. The van der Waals surface area contributed by atoms with Gasteiger partial charge in [-0.05, 0) is 41.0 Å². The van der Waals surface area contributed by atoms with E-state index in [9.17, 15) is 18.0 Å². The molecule has 4 rings (SSSR count). The number of nitrogens with one attached hydrogen (secondary N) is 2. The highest BCUT2D eigenvalue weighted by Crippen LogP contribution is 2.29. The van der Waals surface area contributed by atoms with Crippen molar-refractivity contribution in [1.29, 1.82) is 0 Å². The number of esters is 1. The molecular formula is C25H22F3N3O2. The number of halogens is 3. The molecular weight excluding hydrogens is 431 g/mol. The number of benzene rings is 2. The summed E-state index contributed by atoms with van der Waals surface area (Å²) in [5, 5.41) is 4.01. The molecule has 0 aliphatic heterocycles. The topological polar surface area (TPSA) is 67.0 Å². The van der Waals surface area contributed by atoms with Crippen molar-refractivity contribution in [1.82, 2.24) is 15.3 Å². The summed E-state index contributed by atoms with van der Waals surface area (Å²) in [6, 6.07) is 16.3. The van der Waals surface area contributed by atoms with Gasteiger partial charge in [-0.25, -0.2) is 0 Å². The highest BCUT2D eigenvalue weighted by molar-refractivity contribution is 5.87. The summed E-state index contributed by atoms with van der Waals surface area (Å²) in [6.07, 6.45) is 0.320. The highest BCUT2D eigenvalue weighted by atomic mass is 19.4. The van der Waals surface area contributed by atoms with Crippen molar-refractivity contribution >= 4 is 16.9 Å². The van der Waals surface area contributed by atoms with E-state index in [4.69, 9.17) is 4.74 Å². The summed E-state index contributed by atoms with van der Waals surface area (Å²) < 4.78 is 44.7. The van der Waals surface area contributed by atoms with Crippen molar-refractivity contribution in [2.45, 2.75) is 31.8 Å². The van der Waals surface area contributed by atoms with Gasteiger partial charge >= 0.3 is 12.1 Å². The maximum Gasteiger partial charge on any atom is 0.416 e. The first kappa shape index (κ1) is 22.5. The lowest BCUT2D eigenvalue weighted by atomic mass is 10.1. The zero-order valence-corrected chi connectivity index (χ0v) is 17.6. The second-order valence-corrected chi connectivity index (χ2v) is 7.65. The number of aromatic nitrogens is 2. The standard InChI is InChI=1S/C25H22F3N3O2/c26-25(27,28)20-5-3-4-18(12-20)15-31-23(13-17-8-10-29-11-9-17)33-24(32)14-19-16-30-22-7-2-1-6-21(19)22/h1-12,16,23,30-31H,13-15H2. The molecule has 2 aromatic heterocycles. The quantitative estimate of drug-likeness (QED) is 0.290. The predicted molar refractivity (Wildman–Crippen MR) is 118 cm³/mol. The summed E-state index contributed by atoms with van der Waals surface area (Å²) in [5.74, 6) is -0.435. The van der Waals surface area contributed by atoms with E-state index in [1.54, 1.807) is 36.8 Å². The summed E-state index contributed by atoms with van der Waals surface area (Å²) in [7, 11) is 0. The van der Waals surface area contributed by atoms with Crippen LogP contribution in [0.15, 0.2) is 79.3 Å². The van der Waals surface area contributed by atoms with Gasteiger partial charge in [0.2, 0.25) is 0 Å². The van der Waals surface area contributed by atoms with E-state index in [2.05, 4.69) is 15.3 Å². The minimum absolute atomic E-state index is 0.0715. The fourth-order valence-corrected chi connectivity index (χ4v) is 3.61. The number of hydrogen-bond acceptors (Lipinski definition) is 4. The molecule has 2 heterocycles. The normalized spacial score (nSPS) is 12.6. The summed E-state index contributed by atoms with van der Waals surface area (Å²) >= 11 is 0. The number of carbonyl (C=O) groups excluding carboxylic acids is 1. The molecule has 0 amide bonds. The van der Waals surface area contributed by atoms with E-state index in [1.165, 1.54) is 6.07 Å².